The fraction of sp³-hybridized carbons (Fsp3) is 0.348. The number of hydrogen-bond acceptors (Lipinski definition) is 4. The van der Waals surface area contributed by atoms with Gasteiger partial charge in [-0.2, -0.15) is 0 Å². The van der Waals surface area contributed by atoms with Gasteiger partial charge in [0.1, 0.15) is 0 Å². The first kappa shape index (κ1) is 21.1. The standard InChI is InChI=1S/C23H27N3O2S/c1-5-17-10-8-9-16(4)21(17)25-20(27)14-29-23-24-19-12-7-6-11-18(19)22(28)26(23)13-15(2)3/h6-12,15H,5,13-14H2,1-4H3,(H,25,27). The highest BCUT2D eigenvalue weighted by Gasteiger charge is 2.15. The predicted octanol–water partition coefficient (Wildman–Crippen LogP) is 4.65. The van der Waals surface area contributed by atoms with Gasteiger partial charge in [-0.05, 0) is 42.5 Å². The van der Waals surface area contributed by atoms with Gasteiger partial charge in [-0.3, -0.25) is 14.2 Å². The third-order valence-electron chi connectivity index (χ3n) is 4.71. The van der Waals surface area contributed by atoms with Gasteiger partial charge in [-0.25, -0.2) is 4.98 Å². The normalized spacial score (nSPS) is 11.2. The molecule has 0 aliphatic heterocycles. The van der Waals surface area contributed by atoms with Gasteiger partial charge < -0.3 is 5.32 Å². The van der Waals surface area contributed by atoms with Crippen molar-refractivity contribution in [2.24, 2.45) is 5.92 Å². The molecule has 1 N–H and O–H groups in total. The summed E-state index contributed by atoms with van der Waals surface area (Å²) >= 11 is 1.30. The zero-order chi connectivity index (χ0) is 21.0. The molecule has 1 heterocycles. The maximum Gasteiger partial charge on any atom is 0.262 e. The lowest BCUT2D eigenvalue weighted by molar-refractivity contribution is -0.113. The molecule has 2 aromatic carbocycles. The van der Waals surface area contributed by atoms with Crippen LogP contribution in [0.5, 0.6) is 0 Å². The summed E-state index contributed by atoms with van der Waals surface area (Å²) in [5.74, 6) is 0.390. The first-order valence-electron chi connectivity index (χ1n) is 9.91. The number of amides is 1. The van der Waals surface area contributed by atoms with Crippen molar-refractivity contribution in [1.82, 2.24) is 9.55 Å². The molecule has 0 fully saturated rings. The van der Waals surface area contributed by atoms with Crippen molar-refractivity contribution in [3.8, 4) is 0 Å². The molecule has 3 rings (SSSR count). The number of para-hydroxylation sites is 2. The van der Waals surface area contributed by atoms with Gasteiger partial charge in [0.05, 0.1) is 16.7 Å². The van der Waals surface area contributed by atoms with E-state index in [2.05, 4.69) is 31.1 Å². The van der Waals surface area contributed by atoms with Crippen LogP contribution in [-0.4, -0.2) is 21.2 Å². The highest BCUT2D eigenvalue weighted by atomic mass is 32.2. The Hall–Kier alpha value is -2.60. The molecule has 29 heavy (non-hydrogen) atoms. The van der Waals surface area contributed by atoms with E-state index in [1.165, 1.54) is 11.8 Å². The Labute approximate surface area is 175 Å². The van der Waals surface area contributed by atoms with E-state index in [1.807, 2.05) is 43.3 Å². The lowest BCUT2D eigenvalue weighted by atomic mass is 10.1. The maximum absolute atomic E-state index is 13.0. The van der Waals surface area contributed by atoms with Crippen LogP contribution in [0, 0.1) is 12.8 Å². The lowest BCUT2D eigenvalue weighted by Gasteiger charge is -2.16. The summed E-state index contributed by atoms with van der Waals surface area (Å²) in [7, 11) is 0. The number of aryl methyl sites for hydroxylation is 2. The Morgan fingerprint density at radius 3 is 2.66 bits per heavy atom. The smallest absolute Gasteiger partial charge is 0.262 e. The van der Waals surface area contributed by atoms with Gasteiger partial charge in [0.15, 0.2) is 5.16 Å². The van der Waals surface area contributed by atoms with Crippen molar-refractivity contribution in [2.45, 2.75) is 45.8 Å². The summed E-state index contributed by atoms with van der Waals surface area (Å²) in [4.78, 5) is 30.3. The van der Waals surface area contributed by atoms with E-state index in [0.717, 1.165) is 23.2 Å². The van der Waals surface area contributed by atoms with Crippen molar-refractivity contribution < 1.29 is 4.79 Å². The highest BCUT2D eigenvalue weighted by molar-refractivity contribution is 7.99. The first-order valence-corrected chi connectivity index (χ1v) is 10.9. The molecule has 0 spiro atoms. The second-order valence-corrected chi connectivity index (χ2v) is 8.46. The highest BCUT2D eigenvalue weighted by Crippen LogP contribution is 2.23. The van der Waals surface area contributed by atoms with Crippen LogP contribution in [0.15, 0.2) is 52.4 Å². The van der Waals surface area contributed by atoms with Crippen molar-refractivity contribution in [3.05, 3.63) is 63.9 Å². The van der Waals surface area contributed by atoms with Crippen LogP contribution in [-0.2, 0) is 17.8 Å². The number of nitrogens with zero attached hydrogens (tertiary/aromatic N) is 2. The molecular weight excluding hydrogens is 382 g/mol. The minimum atomic E-state index is -0.0995. The molecule has 0 bridgehead atoms. The Kier molecular flexibility index (Phi) is 6.75. The summed E-state index contributed by atoms with van der Waals surface area (Å²) in [6, 6.07) is 13.4. The van der Waals surface area contributed by atoms with Crippen LogP contribution in [0.4, 0.5) is 5.69 Å². The quantitative estimate of drug-likeness (QED) is 0.456. The minimum Gasteiger partial charge on any atom is -0.325 e. The number of carbonyl (C=O) groups excluding carboxylic acids is 1. The topological polar surface area (TPSA) is 64.0 Å². The second-order valence-electron chi connectivity index (χ2n) is 7.52. The van der Waals surface area contributed by atoms with Crippen molar-refractivity contribution in [3.63, 3.8) is 0 Å². The molecule has 0 saturated carbocycles. The van der Waals surface area contributed by atoms with Crippen LogP contribution in [0.25, 0.3) is 10.9 Å². The number of thioether (sulfide) groups is 1. The van der Waals surface area contributed by atoms with Gasteiger partial charge >= 0.3 is 0 Å². The number of rotatable bonds is 7. The van der Waals surface area contributed by atoms with Crippen LogP contribution < -0.4 is 10.9 Å². The van der Waals surface area contributed by atoms with E-state index >= 15 is 0 Å². The molecule has 152 valence electrons. The van der Waals surface area contributed by atoms with Crippen molar-refractivity contribution in [2.75, 3.05) is 11.1 Å². The zero-order valence-corrected chi connectivity index (χ0v) is 18.2. The second kappa shape index (κ2) is 9.27. The van der Waals surface area contributed by atoms with Crippen LogP contribution in [0.3, 0.4) is 0 Å². The summed E-state index contributed by atoms with van der Waals surface area (Å²) in [5, 5.41) is 4.22. The van der Waals surface area contributed by atoms with Crippen molar-refractivity contribution in [1.29, 1.82) is 0 Å². The summed E-state index contributed by atoms with van der Waals surface area (Å²) in [5.41, 5.74) is 3.64. The fourth-order valence-corrected chi connectivity index (χ4v) is 4.10. The molecule has 0 saturated heterocycles. The Morgan fingerprint density at radius 1 is 1.17 bits per heavy atom. The average Bonchev–Trinajstić information content (AvgIpc) is 2.70. The van der Waals surface area contributed by atoms with E-state index in [-0.39, 0.29) is 17.2 Å². The SMILES string of the molecule is CCc1cccc(C)c1NC(=O)CSc1nc2ccccc2c(=O)n1CC(C)C. The Bertz CT molecular complexity index is 1090. The number of anilines is 1. The van der Waals surface area contributed by atoms with E-state index in [1.54, 1.807) is 10.6 Å². The van der Waals surface area contributed by atoms with E-state index in [0.29, 0.717) is 28.5 Å². The van der Waals surface area contributed by atoms with Gasteiger partial charge in [0.2, 0.25) is 5.91 Å². The maximum atomic E-state index is 13.0. The molecular formula is C23H27N3O2S. The molecule has 0 atom stereocenters. The number of fused-ring (bicyclic) bond motifs is 1. The molecule has 5 nitrogen and oxygen atoms in total. The average molecular weight is 410 g/mol. The molecule has 1 amide bonds. The van der Waals surface area contributed by atoms with Gasteiger partial charge in [-0.15, -0.1) is 0 Å². The van der Waals surface area contributed by atoms with Crippen LogP contribution in [0.2, 0.25) is 0 Å². The van der Waals surface area contributed by atoms with E-state index in [9.17, 15) is 9.59 Å². The molecule has 0 radical (unpaired) electrons. The van der Waals surface area contributed by atoms with Gasteiger partial charge in [0, 0.05) is 12.2 Å². The Morgan fingerprint density at radius 2 is 1.93 bits per heavy atom. The number of carbonyl (C=O) groups is 1. The van der Waals surface area contributed by atoms with E-state index in [4.69, 9.17) is 0 Å². The zero-order valence-electron chi connectivity index (χ0n) is 17.4. The monoisotopic (exact) mass is 409 g/mol. The minimum absolute atomic E-state index is 0.0561. The Balaban J connectivity index is 1.85. The van der Waals surface area contributed by atoms with Gasteiger partial charge in [0.25, 0.3) is 5.56 Å². The third-order valence-corrected chi connectivity index (χ3v) is 5.69. The predicted molar refractivity (Wildman–Crippen MR) is 121 cm³/mol. The largest absolute Gasteiger partial charge is 0.325 e. The first-order chi connectivity index (χ1) is 13.9. The molecule has 0 unspecified atom stereocenters. The molecule has 6 heteroatoms. The molecule has 0 aliphatic rings. The van der Waals surface area contributed by atoms with Gasteiger partial charge in [-0.1, -0.05) is 62.9 Å². The van der Waals surface area contributed by atoms with E-state index < -0.39 is 0 Å². The summed E-state index contributed by atoms with van der Waals surface area (Å²) in [6.45, 7) is 8.76. The van der Waals surface area contributed by atoms with Crippen LogP contribution >= 0.6 is 11.8 Å². The molecule has 0 aliphatic carbocycles. The number of nitrogens with one attached hydrogen (secondary N) is 1. The fourth-order valence-electron chi connectivity index (χ4n) is 3.29. The van der Waals surface area contributed by atoms with Crippen molar-refractivity contribution >= 4 is 34.3 Å². The number of hydrogen-bond donors (Lipinski definition) is 1. The lowest BCUT2D eigenvalue weighted by Crippen LogP contribution is -2.26. The third kappa shape index (κ3) is 4.88. The summed E-state index contributed by atoms with van der Waals surface area (Å²) < 4.78 is 1.69. The number of aromatic nitrogens is 2. The molecule has 1 aromatic heterocycles. The number of benzene rings is 2. The van der Waals surface area contributed by atoms with Crippen LogP contribution in [0.1, 0.15) is 31.9 Å². The molecule has 3 aromatic rings. The summed E-state index contributed by atoms with van der Waals surface area (Å²) in [6.07, 6.45) is 0.852.